The van der Waals surface area contributed by atoms with Gasteiger partial charge in [-0.2, -0.15) is 0 Å². The van der Waals surface area contributed by atoms with Crippen LogP contribution in [0.4, 0.5) is 11.4 Å². The van der Waals surface area contributed by atoms with E-state index < -0.39 is 17.2 Å². The molecule has 2 aromatic rings. The molecule has 0 unspecified atom stereocenters. The second-order valence-corrected chi connectivity index (χ2v) is 6.18. The van der Waals surface area contributed by atoms with E-state index in [9.17, 15) is 9.59 Å². The van der Waals surface area contributed by atoms with Crippen molar-refractivity contribution in [2.45, 2.75) is 13.8 Å². The summed E-state index contributed by atoms with van der Waals surface area (Å²) >= 11 is 5.90. The Kier molecular flexibility index (Phi) is 5.46. The number of ether oxygens (including phenoxy) is 1. The Morgan fingerprint density at radius 1 is 1.00 bits per heavy atom. The average Bonchev–Trinajstić information content (AvgIpc) is 2.55. The molecule has 0 aromatic heterocycles. The molecule has 0 bridgehead atoms. The van der Waals surface area contributed by atoms with E-state index in [1.165, 1.54) is 7.11 Å². The minimum atomic E-state index is -1.29. The minimum Gasteiger partial charge on any atom is -0.495 e. The van der Waals surface area contributed by atoms with Crippen LogP contribution in [0.2, 0.25) is 5.02 Å². The third-order valence-electron chi connectivity index (χ3n) is 3.57. The highest BCUT2D eigenvalue weighted by Crippen LogP contribution is 2.27. The van der Waals surface area contributed by atoms with Crippen LogP contribution in [0.25, 0.3) is 0 Å². The van der Waals surface area contributed by atoms with Gasteiger partial charge in [0.2, 0.25) is 11.8 Å². The number of carbonyl (C=O) groups is 2. The van der Waals surface area contributed by atoms with Crippen molar-refractivity contribution in [3.63, 3.8) is 0 Å². The maximum atomic E-state index is 12.5. The monoisotopic (exact) mass is 346 g/mol. The molecule has 0 aliphatic rings. The fourth-order valence-corrected chi connectivity index (χ4v) is 2.17. The molecule has 0 fully saturated rings. The summed E-state index contributed by atoms with van der Waals surface area (Å²) in [6.07, 6.45) is 0. The van der Waals surface area contributed by atoms with E-state index in [4.69, 9.17) is 16.3 Å². The molecule has 0 spiro atoms. The van der Waals surface area contributed by atoms with Crippen LogP contribution in [0.5, 0.6) is 5.75 Å². The van der Waals surface area contributed by atoms with Crippen LogP contribution in [0, 0.1) is 5.41 Å². The summed E-state index contributed by atoms with van der Waals surface area (Å²) < 4.78 is 5.20. The van der Waals surface area contributed by atoms with E-state index in [0.717, 1.165) is 0 Å². The Morgan fingerprint density at radius 2 is 1.67 bits per heavy atom. The van der Waals surface area contributed by atoms with Gasteiger partial charge < -0.3 is 15.4 Å². The topological polar surface area (TPSA) is 67.4 Å². The standard InChI is InChI=1S/C18H19ClN2O3/c1-18(2,16(22)20-13-8-6-7-12(19)11-13)17(23)21-14-9-4-5-10-15(14)24-3/h4-11H,1-3H3,(H,20,22)(H,21,23). The molecule has 0 saturated carbocycles. The summed E-state index contributed by atoms with van der Waals surface area (Å²) in [7, 11) is 1.52. The molecule has 0 aliphatic heterocycles. The van der Waals surface area contributed by atoms with Crippen LogP contribution in [-0.4, -0.2) is 18.9 Å². The summed E-state index contributed by atoms with van der Waals surface area (Å²) in [5.74, 6) is -0.347. The van der Waals surface area contributed by atoms with Crippen LogP contribution in [0.1, 0.15) is 13.8 Å². The van der Waals surface area contributed by atoms with Gasteiger partial charge in [-0.3, -0.25) is 9.59 Å². The molecule has 24 heavy (non-hydrogen) atoms. The van der Waals surface area contributed by atoms with E-state index in [-0.39, 0.29) is 0 Å². The van der Waals surface area contributed by atoms with Gasteiger partial charge in [0.25, 0.3) is 0 Å². The Hall–Kier alpha value is -2.53. The molecular formula is C18H19ClN2O3. The number of benzene rings is 2. The molecule has 5 nitrogen and oxygen atoms in total. The predicted octanol–water partition coefficient (Wildman–Crippen LogP) is 3.95. The number of hydrogen-bond acceptors (Lipinski definition) is 3. The molecule has 126 valence electrons. The SMILES string of the molecule is COc1ccccc1NC(=O)C(C)(C)C(=O)Nc1cccc(Cl)c1. The second-order valence-electron chi connectivity index (χ2n) is 5.74. The van der Waals surface area contributed by atoms with Crippen molar-refractivity contribution in [2.75, 3.05) is 17.7 Å². The number of para-hydroxylation sites is 2. The van der Waals surface area contributed by atoms with Crippen LogP contribution in [-0.2, 0) is 9.59 Å². The van der Waals surface area contributed by atoms with Crippen molar-refractivity contribution < 1.29 is 14.3 Å². The van der Waals surface area contributed by atoms with Gasteiger partial charge in [-0.15, -0.1) is 0 Å². The largest absolute Gasteiger partial charge is 0.495 e. The Bertz CT molecular complexity index is 759. The molecule has 0 radical (unpaired) electrons. The lowest BCUT2D eigenvalue weighted by Gasteiger charge is -2.23. The third kappa shape index (κ3) is 4.06. The highest BCUT2D eigenvalue weighted by Gasteiger charge is 2.36. The maximum Gasteiger partial charge on any atom is 0.239 e. The van der Waals surface area contributed by atoms with Crippen molar-refractivity contribution in [1.82, 2.24) is 0 Å². The fourth-order valence-electron chi connectivity index (χ4n) is 1.98. The summed E-state index contributed by atoms with van der Waals surface area (Å²) in [4.78, 5) is 25.0. The van der Waals surface area contributed by atoms with E-state index in [1.807, 2.05) is 0 Å². The smallest absolute Gasteiger partial charge is 0.239 e. The lowest BCUT2D eigenvalue weighted by molar-refractivity contribution is -0.135. The molecule has 6 heteroatoms. The van der Waals surface area contributed by atoms with Gasteiger partial charge in [-0.1, -0.05) is 29.8 Å². The summed E-state index contributed by atoms with van der Waals surface area (Å²) in [5, 5.41) is 5.94. The molecule has 0 atom stereocenters. The first-order valence-corrected chi connectivity index (χ1v) is 7.74. The van der Waals surface area contributed by atoms with Crippen LogP contribution < -0.4 is 15.4 Å². The number of rotatable bonds is 5. The zero-order valence-corrected chi connectivity index (χ0v) is 14.5. The first-order chi connectivity index (χ1) is 11.3. The van der Waals surface area contributed by atoms with Crippen LogP contribution in [0.15, 0.2) is 48.5 Å². The fraction of sp³-hybridized carbons (Fsp3) is 0.222. The van der Waals surface area contributed by atoms with Gasteiger partial charge in [0.05, 0.1) is 12.8 Å². The second kappa shape index (κ2) is 7.36. The number of methoxy groups -OCH3 is 1. The van der Waals surface area contributed by atoms with Gasteiger partial charge in [-0.05, 0) is 44.2 Å². The lowest BCUT2D eigenvalue weighted by atomic mass is 9.90. The van der Waals surface area contributed by atoms with E-state index in [2.05, 4.69) is 10.6 Å². The number of hydrogen-bond donors (Lipinski definition) is 2. The van der Waals surface area contributed by atoms with Gasteiger partial charge in [0.15, 0.2) is 0 Å². The van der Waals surface area contributed by atoms with Gasteiger partial charge >= 0.3 is 0 Å². The molecule has 0 saturated heterocycles. The van der Waals surface area contributed by atoms with Gasteiger partial charge in [-0.25, -0.2) is 0 Å². The Balaban J connectivity index is 2.13. The lowest BCUT2D eigenvalue weighted by Crippen LogP contribution is -2.41. The van der Waals surface area contributed by atoms with E-state index in [1.54, 1.807) is 62.4 Å². The molecule has 0 heterocycles. The number of amides is 2. The third-order valence-corrected chi connectivity index (χ3v) is 3.81. The maximum absolute atomic E-state index is 12.5. The van der Waals surface area contributed by atoms with E-state index >= 15 is 0 Å². The Morgan fingerprint density at radius 3 is 2.33 bits per heavy atom. The molecule has 2 N–H and O–H groups in total. The molecular weight excluding hydrogens is 328 g/mol. The summed E-state index contributed by atoms with van der Waals surface area (Å²) in [6, 6.07) is 13.8. The van der Waals surface area contributed by atoms with Crippen molar-refractivity contribution >= 4 is 34.8 Å². The molecule has 2 aromatic carbocycles. The van der Waals surface area contributed by atoms with Gasteiger partial charge in [0.1, 0.15) is 11.2 Å². The number of anilines is 2. The number of halogens is 1. The first-order valence-electron chi connectivity index (χ1n) is 7.36. The van der Waals surface area contributed by atoms with Crippen molar-refractivity contribution in [3.05, 3.63) is 53.6 Å². The normalized spacial score (nSPS) is 10.8. The highest BCUT2D eigenvalue weighted by atomic mass is 35.5. The first kappa shape index (κ1) is 17.8. The average molecular weight is 347 g/mol. The minimum absolute atomic E-state index is 0.433. The molecule has 2 rings (SSSR count). The predicted molar refractivity (Wildman–Crippen MR) is 95.5 cm³/mol. The van der Waals surface area contributed by atoms with Gasteiger partial charge in [0, 0.05) is 10.7 Å². The highest BCUT2D eigenvalue weighted by molar-refractivity contribution is 6.31. The van der Waals surface area contributed by atoms with Crippen molar-refractivity contribution in [3.8, 4) is 5.75 Å². The van der Waals surface area contributed by atoms with Crippen LogP contribution in [0.3, 0.4) is 0 Å². The molecule has 0 aliphatic carbocycles. The van der Waals surface area contributed by atoms with Crippen molar-refractivity contribution in [2.24, 2.45) is 5.41 Å². The summed E-state index contributed by atoms with van der Waals surface area (Å²) in [5.41, 5.74) is -0.248. The van der Waals surface area contributed by atoms with Crippen molar-refractivity contribution in [1.29, 1.82) is 0 Å². The number of carbonyl (C=O) groups excluding carboxylic acids is 2. The van der Waals surface area contributed by atoms with Crippen LogP contribution >= 0.6 is 11.6 Å². The Labute approximate surface area is 146 Å². The molecule has 2 amide bonds. The zero-order valence-electron chi connectivity index (χ0n) is 13.7. The zero-order chi connectivity index (χ0) is 17.7. The number of nitrogens with one attached hydrogen (secondary N) is 2. The van der Waals surface area contributed by atoms with E-state index in [0.29, 0.717) is 22.1 Å². The quantitative estimate of drug-likeness (QED) is 0.805. The summed E-state index contributed by atoms with van der Waals surface area (Å²) in [6.45, 7) is 3.11.